The SMILES string of the molecule is CN(C)CC1CC2(C)C(=CCC3C4CCCC(=O)C4(C)CCC32)CC1=O. The average molecular weight is 358 g/mol. The van der Waals surface area contributed by atoms with E-state index in [1.165, 1.54) is 18.4 Å². The van der Waals surface area contributed by atoms with E-state index in [4.69, 9.17) is 0 Å². The second-order valence-electron chi connectivity index (χ2n) is 10.3. The largest absolute Gasteiger partial charge is 0.309 e. The zero-order valence-electron chi connectivity index (χ0n) is 17.0. The summed E-state index contributed by atoms with van der Waals surface area (Å²) in [5, 5.41) is 0. The van der Waals surface area contributed by atoms with Crippen molar-refractivity contribution >= 4 is 11.6 Å². The van der Waals surface area contributed by atoms with Crippen LogP contribution < -0.4 is 0 Å². The monoisotopic (exact) mass is 357 g/mol. The first-order valence-electron chi connectivity index (χ1n) is 10.7. The Labute approximate surface area is 158 Å². The Hall–Kier alpha value is -0.960. The number of carbonyl (C=O) groups is 2. The van der Waals surface area contributed by atoms with Crippen LogP contribution in [0.5, 0.6) is 0 Å². The molecule has 0 saturated heterocycles. The van der Waals surface area contributed by atoms with Crippen LogP contribution >= 0.6 is 0 Å². The van der Waals surface area contributed by atoms with E-state index in [2.05, 4.69) is 38.9 Å². The third-order valence-electron chi connectivity index (χ3n) is 8.65. The summed E-state index contributed by atoms with van der Waals surface area (Å²) in [4.78, 5) is 27.6. The van der Waals surface area contributed by atoms with Crippen molar-refractivity contribution in [2.45, 2.75) is 65.2 Å². The first-order valence-corrected chi connectivity index (χ1v) is 10.7. The van der Waals surface area contributed by atoms with Gasteiger partial charge in [-0.3, -0.25) is 9.59 Å². The maximum absolute atomic E-state index is 12.7. The molecule has 144 valence electrons. The van der Waals surface area contributed by atoms with Crippen molar-refractivity contribution in [3.8, 4) is 0 Å². The molecule has 3 saturated carbocycles. The number of nitrogens with zero attached hydrogens (tertiary/aromatic N) is 1. The minimum atomic E-state index is -0.0748. The number of hydrogen-bond donors (Lipinski definition) is 0. The van der Waals surface area contributed by atoms with Gasteiger partial charge in [0.1, 0.15) is 11.6 Å². The highest BCUT2D eigenvalue weighted by Gasteiger charge is 2.58. The molecule has 4 rings (SSSR count). The lowest BCUT2D eigenvalue weighted by Crippen LogP contribution is -2.55. The van der Waals surface area contributed by atoms with Crippen LogP contribution in [0.15, 0.2) is 11.6 Å². The van der Waals surface area contributed by atoms with Crippen LogP contribution in [0.4, 0.5) is 0 Å². The van der Waals surface area contributed by atoms with Gasteiger partial charge in [-0.15, -0.1) is 0 Å². The number of hydrogen-bond acceptors (Lipinski definition) is 3. The minimum Gasteiger partial charge on any atom is -0.309 e. The van der Waals surface area contributed by atoms with Gasteiger partial charge < -0.3 is 4.90 Å². The van der Waals surface area contributed by atoms with Crippen molar-refractivity contribution in [3.63, 3.8) is 0 Å². The van der Waals surface area contributed by atoms with Crippen LogP contribution in [-0.2, 0) is 9.59 Å². The van der Waals surface area contributed by atoms with Gasteiger partial charge >= 0.3 is 0 Å². The zero-order chi connectivity index (χ0) is 18.7. The third-order valence-corrected chi connectivity index (χ3v) is 8.65. The predicted molar refractivity (Wildman–Crippen MR) is 104 cm³/mol. The molecule has 0 aliphatic heterocycles. The Kier molecular flexibility index (Phi) is 4.45. The molecule has 0 aromatic rings. The van der Waals surface area contributed by atoms with Gasteiger partial charge in [0, 0.05) is 30.7 Å². The lowest BCUT2D eigenvalue weighted by Gasteiger charge is -2.59. The molecule has 26 heavy (non-hydrogen) atoms. The van der Waals surface area contributed by atoms with Gasteiger partial charge in [-0.1, -0.05) is 25.5 Å². The number of allylic oxidation sites excluding steroid dienone is 2. The topological polar surface area (TPSA) is 37.4 Å². The first kappa shape index (κ1) is 18.4. The molecule has 0 bridgehead atoms. The smallest absolute Gasteiger partial charge is 0.141 e. The molecule has 0 spiro atoms. The summed E-state index contributed by atoms with van der Waals surface area (Å²) < 4.78 is 0. The zero-order valence-corrected chi connectivity index (χ0v) is 17.0. The molecule has 0 radical (unpaired) electrons. The van der Waals surface area contributed by atoms with Crippen molar-refractivity contribution in [1.82, 2.24) is 4.90 Å². The summed E-state index contributed by atoms with van der Waals surface area (Å²) in [5.74, 6) is 2.99. The van der Waals surface area contributed by atoms with Crippen LogP contribution in [0.3, 0.4) is 0 Å². The Morgan fingerprint density at radius 1 is 1.12 bits per heavy atom. The van der Waals surface area contributed by atoms with Crippen LogP contribution in [0, 0.1) is 34.5 Å². The van der Waals surface area contributed by atoms with Crippen molar-refractivity contribution in [2.75, 3.05) is 20.6 Å². The van der Waals surface area contributed by atoms with E-state index in [1.54, 1.807) is 0 Å². The Morgan fingerprint density at radius 3 is 2.58 bits per heavy atom. The van der Waals surface area contributed by atoms with Gasteiger partial charge in [0.2, 0.25) is 0 Å². The molecule has 0 heterocycles. The molecule has 4 aliphatic rings. The summed E-state index contributed by atoms with van der Waals surface area (Å²) >= 11 is 0. The maximum atomic E-state index is 12.7. The van der Waals surface area contributed by atoms with Crippen LogP contribution in [0.25, 0.3) is 0 Å². The van der Waals surface area contributed by atoms with Gasteiger partial charge in [0.05, 0.1) is 0 Å². The molecule has 6 atom stereocenters. The lowest BCUT2D eigenvalue weighted by atomic mass is 9.44. The van der Waals surface area contributed by atoms with Crippen molar-refractivity contribution < 1.29 is 9.59 Å². The van der Waals surface area contributed by atoms with E-state index in [1.807, 2.05) is 0 Å². The van der Waals surface area contributed by atoms with E-state index >= 15 is 0 Å². The van der Waals surface area contributed by atoms with Crippen LogP contribution in [-0.4, -0.2) is 37.1 Å². The van der Waals surface area contributed by atoms with E-state index in [0.29, 0.717) is 35.7 Å². The molecule has 4 aliphatic carbocycles. The van der Waals surface area contributed by atoms with Gasteiger partial charge in [-0.05, 0) is 75.8 Å². The predicted octanol–water partition coefficient (Wildman–Crippen LogP) is 4.27. The van der Waals surface area contributed by atoms with Gasteiger partial charge in [0.25, 0.3) is 0 Å². The van der Waals surface area contributed by atoms with E-state index < -0.39 is 0 Å². The molecule has 3 heteroatoms. The standard InChI is InChI=1S/C23H35NO2/c1-22-11-10-19-17(18(22)6-5-7-21(22)26)9-8-16-12-20(25)15(14-24(3)4)13-23(16,19)2/h8,15,17-19H,5-7,9-14H2,1-4H3. The summed E-state index contributed by atoms with van der Waals surface area (Å²) in [6.07, 6.45) is 10.5. The molecule has 0 aromatic carbocycles. The highest BCUT2D eigenvalue weighted by molar-refractivity contribution is 5.86. The summed E-state index contributed by atoms with van der Waals surface area (Å²) in [5.41, 5.74) is 1.51. The number of carbonyl (C=O) groups excluding carboxylic acids is 2. The lowest BCUT2D eigenvalue weighted by molar-refractivity contribution is -0.145. The van der Waals surface area contributed by atoms with E-state index in [-0.39, 0.29) is 16.7 Å². The van der Waals surface area contributed by atoms with Crippen molar-refractivity contribution in [1.29, 1.82) is 0 Å². The normalized spacial score (nSPS) is 45.7. The molecular weight excluding hydrogens is 322 g/mol. The van der Waals surface area contributed by atoms with Crippen LogP contribution in [0.1, 0.15) is 65.2 Å². The van der Waals surface area contributed by atoms with Crippen molar-refractivity contribution in [2.24, 2.45) is 34.5 Å². The Bertz CT molecular complexity index is 651. The second kappa shape index (κ2) is 6.29. The minimum absolute atomic E-state index is 0.0748. The van der Waals surface area contributed by atoms with Gasteiger partial charge in [0.15, 0.2) is 0 Å². The fourth-order valence-electron chi connectivity index (χ4n) is 7.25. The highest BCUT2D eigenvalue weighted by atomic mass is 16.1. The highest BCUT2D eigenvalue weighted by Crippen LogP contribution is 2.63. The number of ketones is 2. The fourth-order valence-corrected chi connectivity index (χ4v) is 7.25. The maximum Gasteiger partial charge on any atom is 0.141 e. The Morgan fingerprint density at radius 2 is 1.85 bits per heavy atom. The second-order valence-corrected chi connectivity index (χ2v) is 10.3. The molecular formula is C23H35NO2. The van der Waals surface area contributed by atoms with Crippen molar-refractivity contribution in [3.05, 3.63) is 11.6 Å². The van der Waals surface area contributed by atoms with E-state index in [9.17, 15) is 9.59 Å². The molecule has 0 amide bonds. The number of rotatable bonds is 2. The van der Waals surface area contributed by atoms with Crippen LogP contribution in [0.2, 0.25) is 0 Å². The van der Waals surface area contributed by atoms with Gasteiger partial charge in [-0.2, -0.15) is 0 Å². The molecule has 6 unspecified atom stereocenters. The third kappa shape index (κ3) is 2.65. The summed E-state index contributed by atoms with van der Waals surface area (Å²) in [6.45, 7) is 5.58. The number of Topliss-reactive ketones (excluding diaryl/α,β-unsaturated/α-hetero) is 2. The molecule has 3 fully saturated rings. The average Bonchev–Trinajstić information content (AvgIpc) is 2.56. The summed E-state index contributed by atoms with van der Waals surface area (Å²) in [6, 6.07) is 0. The quantitative estimate of drug-likeness (QED) is 0.693. The Balaban J connectivity index is 1.65. The first-order chi connectivity index (χ1) is 12.3. The molecule has 3 nitrogen and oxygen atoms in total. The summed E-state index contributed by atoms with van der Waals surface area (Å²) in [7, 11) is 4.15. The number of fused-ring (bicyclic) bond motifs is 5. The van der Waals surface area contributed by atoms with Gasteiger partial charge in [-0.25, -0.2) is 0 Å². The molecule has 0 N–H and O–H groups in total. The fraction of sp³-hybridized carbons (Fsp3) is 0.826. The molecule has 0 aromatic heterocycles. The van der Waals surface area contributed by atoms with E-state index in [0.717, 1.165) is 38.6 Å².